The fourth-order valence-electron chi connectivity index (χ4n) is 5.18. The number of hydrogen-bond acceptors (Lipinski definition) is 2. The molecule has 0 aromatic heterocycles. The van der Waals surface area contributed by atoms with Crippen LogP contribution in [0.15, 0.2) is 0 Å². The van der Waals surface area contributed by atoms with Gasteiger partial charge in [0, 0.05) is 12.0 Å². The third-order valence-electron chi connectivity index (χ3n) is 6.76. The van der Waals surface area contributed by atoms with E-state index in [1.807, 2.05) is 0 Å². The van der Waals surface area contributed by atoms with E-state index in [9.17, 15) is 5.11 Å². The van der Waals surface area contributed by atoms with E-state index in [0.29, 0.717) is 12.0 Å². The fourth-order valence-corrected chi connectivity index (χ4v) is 5.18. The van der Waals surface area contributed by atoms with Crippen LogP contribution in [0, 0.1) is 22.2 Å². The summed E-state index contributed by atoms with van der Waals surface area (Å²) in [5.41, 5.74) is 6.31. The van der Waals surface area contributed by atoms with Crippen molar-refractivity contribution in [2.24, 2.45) is 27.9 Å². The highest BCUT2D eigenvalue weighted by molar-refractivity contribution is 5.06. The Morgan fingerprint density at radius 1 is 1.05 bits per heavy atom. The van der Waals surface area contributed by atoms with Gasteiger partial charge in [0.1, 0.15) is 0 Å². The summed E-state index contributed by atoms with van der Waals surface area (Å²) in [6.07, 6.45) is 8.93. The zero-order valence-corrected chi connectivity index (χ0v) is 15.0. The zero-order valence-electron chi connectivity index (χ0n) is 15.0. The summed E-state index contributed by atoms with van der Waals surface area (Å²) in [4.78, 5) is 0. The van der Waals surface area contributed by atoms with Gasteiger partial charge in [-0.15, -0.1) is 0 Å². The fraction of sp³-hybridized carbons (Fsp3) is 1.00. The summed E-state index contributed by atoms with van der Waals surface area (Å²) < 4.78 is 0. The summed E-state index contributed by atoms with van der Waals surface area (Å²) in [6, 6.07) is 0. The lowest BCUT2D eigenvalue weighted by Crippen LogP contribution is -2.57. The van der Waals surface area contributed by atoms with Crippen LogP contribution in [0.1, 0.15) is 86.0 Å². The summed E-state index contributed by atoms with van der Waals surface area (Å²) >= 11 is 0. The molecule has 0 heterocycles. The maximum absolute atomic E-state index is 11.5. The summed E-state index contributed by atoms with van der Waals surface area (Å²) in [5, 5.41) is 11.5. The van der Waals surface area contributed by atoms with Gasteiger partial charge in [-0.05, 0) is 61.7 Å². The topological polar surface area (TPSA) is 46.2 Å². The highest BCUT2D eigenvalue weighted by Gasteiger charge is 2.54. The first-order chi connectivity index (χ1) is 9.54. The van der Waals surface area contributed by atoms with Crippen LogP contribution in [0.3, 0.4) is 0 Å². The lowest BCUT2D eigenvalue weighted by atomic mass is 9.52. The maximum atomic E-state index is 11.5. The Hall–Kier alpha value is -0.0800. The summed E-state index contributed by atoms with van der Waals surface area (Å²) in [5.74, 6) is 0.775. The first-order valence-electron chi connectivity index (χ1n) is 8.96. The molecule has 0 aliphatic heterocycles. The van der Waals surface area contributed by atoms with Gasteiger partial charge in [-0.2, -0.15) is 0 Å². The normalized spacial score (nSPS) is 41.0. The molecule has 0 radical (unpaired) electrons. The second-order valence-corrected chi connectivity index (χ2v) is 9.85. The number of hydrogen-bond donors (Lipinski definition) is 2. The van der Waals surface area contributed by atoms with Crippen molar-refractivity contribution in [3.8, 4) is 0 Å². The number of rotatable bonds is 2. The minimum Gasteiger partial charge on any atom is -0.389 e. The molecule has 21 heavy (non-hydrogen) atoms. The largest absolute Gasteiger partial charge is 0.389 e. The van der Waals surface area contributed by atoms with Gasteiger partial charge < -0.3 is 10.8 Å². The molecule has 1 atom stereocenters. The van der Waals surface area contributed by atoms with Gasteiger partial charge >= 0.3 is 0 Å². The van der Waals surface area contributed by atoms with Crippen molar-refractivity contribution in [2.45, 2.75) is 91.6 Å². The van der Waals surface area contributed by atoms with Crippen molar-refractivity contribution in [3.63, 3.8) is 0 Å². The summed E-state index contributed by atoms with van der Waals surface area (Å²) in [6.45, 7) is 12.3. The molecule has 2 aliphatic rings. The Balaban J connectivity index is 2.16. The molecule has 0 aromatic rings. The van der Waals surface area contributed by atoms with Gasteiger partial charge in [0.2, 0.25) is 0 Å². The van der Waals surface area contributed by atoms with Crippen LogP contribution in [0.2, 0.25) is 0 Å². The minimum atomic E-state index is -0.535. The molecule has 0 bridgehead atoms. The third-order valence-corrected chi connectivity index (χ3v) is 6.76. The molecule has 1 unspecified atom stereocenters. The molecule has 3 N–H and O–H groups in total. The van der Waals surface area contributed by atoms with Crippen LogP contribution >= 0.6 is 0 Å². The first-order valence-corrected chi connectivity index (χ1v) is 8.96. The molecule has 2 nitrogen and oxygen atoms in total. The molecule has 2 rings (SSSR count). The predicted octanol–water partition coefficient (Wildman–Crippen LogP) is 4.50. The van der Waals surface area contributed by atoms with Crippen LogP contribution in [-0.2, 0) is 0 Å². The smallest absolute Gasteiger partial charge is 0.0720 e. The molecule has 2 heteroatoms. The second kappa shape index (κ2) is 5.53. The highest BCUT2D eigenvalue weighted by atomic mass is 16.3. The molecule has 2 saturated carbocycles. The van der Waals surface area contributed by atoms with E-state index in [1.54, 1.807) is 0 Å². The molecule has 0 aromatic carbocycles. The molecule has 0 spiro atoms. The van der Waals surface area contributed by atoms with E-state index in [-0.39, 0.29) is 10.8 Å². The van der Waals surface area contributed by atoms with Gasteiger partial charge in [0.15, 0.2) is 0 Å². The van der Waals surface area contributed by atoms with Crippen LogP contribution in [0.4, 0.5) is 0 Å². The standard InChI is InChI=1S/C19H37NO/c1-16(2,3)15-7-11-18(14-20,12-8-15)19(21)10-6-9-17(4,5)13-19/h15,21H,6-14,20H2,1-5H3. The summed E-state index contributed by atoms with van der Waals surface area (Å²) in [7, 11) is 0. The molecular formula is C19H37NO. The van der Waals surface area contributed by atoms with Crippen LogP contribution in [0.5, 0.6) is 0 Å². The van der Waals surface area contributed by atoms with Crippen LogP contribution < -0.4 is 5.73 Å². The van der Waals surface area contributed by atoms with E-state index >= 15 is 0 Å². The van der Waals surface area contributed by atoms with Gasteiger partial charge in [0.25, 0.3) is 0 Å². The zero-order chi connectivity index (χ0) is 15.9. The van der Waals surface area contributed by atoms with E-state index in [2.05, 4.69) is 34.6 Å². The first kappa shape index (κ1) is 17.3. The van der Waals surface area contributed by atoms with Crippen molar-refractivity contribution in [2.75, 3.05) is 6.54 Å². The van der Waals surface area contributed by atoms with Gasteiger partial charge in [-0.1, -0.05) is 41.0 Å². The Bertz CT molecular complexity index is 360. The lowest BCUT2D eigenvalue weighted by Gasteiger charge is -2.56. The Labute approximate surface area is 131 Å². The quantitative estimate of drug-likeness (QED) is 0.788. The molecule has 0 amide bonds. The number of nitrogens with two attached hydrogens (primary N) is 1. The van der Waals surface area contributed by atoms with Crippen LogP contribution in [-0.4, -0.2) is 17.3 Å². The molecule has 0 saturated heterocycles. The monoisotopic (exact) mass is 295 g/mol. The van der Waals surface area contributed by atoms with E-state index in [1.165, 1.54) is 19.3 Å². The van der Waals surface area contributed by atoms with E-state index < -0.39 is 5.60 Å². The van der Waals surface area contributed by atoms with Gasteiger partial charge in [-0.3, -0.25) is 0 Å². The van der Waals surface area contributed by atoms with Crippen molar-refractivity contribution < 1.29 is 5.11 Å². The van der Waals surface area contributed by atoms with E-state index in [4.69, 9.17) is 5.73 Å². The third kappa shape index (κ3) is 3.32. The lowest BCUT2D eigenvalue weighted by molar-refractivity contribution is -0.152. The van der Waals surface area contributed by atoms with Crippen molar-refractivity contribution in [1.82, 2.24) is 0 Å². The second-order valence-electron chi connectivity index (χ2n) is 9.85. The van der Waals surface area contributed by atoms with E-state index in [0.717, 1.165) is 38.0 Å². The van der Waals surface area contributed by atoms with Crippen molar-refractivity contribution in [3.05, 3.63) is 0 Å². The van der Waals surface area contributed by atoms with Crippen molar-refractivity contribution >= 4 is 0 Å². The Kier molecular flexibility index (Phi) is 4.55. The Morgan fingerprint density at radius 3 is 2.05 bits per heavy atom. The van der Waals surface area contributed by atoms with Gasteiger partial charge in [0.05, 0.1) is 5.60 Å². The van der Waals surface area contributed by atoms with Crippen molar-refractivity contribution in [1.29, 1.82) is 0 Å². The number of aliphatic hydroxyl groups is 1. The molecule has 2 fully saturated rings. The average Bonchev–Trinajstić information content (AvgIpc) is 2.36. The minimum absolute atomic E-state index is 0.0353. The molecular weight excluding hydrogens is 258 g/mol. The molecule has 124 valence electrons. The van der Waals surface area contributed by atoms with Gasteiger partial charge in [-0.25, -0.2) is 0 Å². The predicted molar refractivity (Wildman–Crippen MR) is 90.1 cm³/mol. The Morgan fingerprint density at radius 2 is 1.62 bits per heavy atom. The highest BCUT2D eigenvalue weighted by Crippen LogP contribution is 2.56. The van der Waals surface area contributed by atoms with Crippen LogP contribution in [0.25, 0.3) is 0 Å². The molecule has 2 aliphatic carbocycles. The SMILES string of the molecule is CC1(C)CCCC(O)(C2(CN)CCC(C(C)(C)C)CC2)C1. The maximum Gasteiger partial charge on any atom is 0.0720 e. The average molecular weight is 296 g/mol.